The molecule has 110 valence electrons. The van der Waals surface area contributed by atoms with E-state index in [2.05, 4.69) is 17.6 Å². The first-order valence-electron chi connectivity index (χ1n) is 7.77. The van der Waals surface area contributed by atoms with Crippen molar-refractivity contribution in [1.82, 2.24) is 10.6 Å². The zero-order chi connectivity index (χ0) is 13.7. The Morgan fingerprint density at radius 3 is 2.68 bits per heavy atom. The number of amides is 1. The molecule has 1 heterocycles. The molecule has 19 heavy (non-hydrogen) atoms. The molecular weight excluding hydrogens is 256 g/mol. The zero-order valence-corrected chi connectivity index (χ0v) is 13.2. The average Bonchev–Trinajstić information content (AvgIpc) is 2.84. The van der Waals surface area contributed by atoms with E-state index in [-0.39, 0.29) is 11.9 Å². The predicted molar refractivity (Wildman–Crippen MR) is 82.6 cm³/mol. The zero-order valence-electron chi connectivity index (χ0n) is 12.3. The average molecular weight is 284 g/mol. The van der Waals surface area contributed by atoms with Crippen molar-refractivity contribution in [3.8, 4) is 0 Å². The number of thioether (sulfide) groups is 1. The van der Waals surface area contributed by atoms with Gasteiger partial charge in [0.05, 0.1) is 6.04 Å². The maximum absolute atomic E-state index is 12.1. The normalized spacial score (nSPS) is 30.2. The fraction of sp³-hybridized carbons (Fsp3) is 0.933. The fourth-order valence-electron chi connectivity index (χ4n) is 3.01. The van der Waals surface area contributed by atoms with Gasteiger partial charge < -0.3 is 10.6 Å². The molecule has 2 aliphatic rings. The van der Waals surface area contributed by atoms with Crippen molar-refractivity contribution in [3.05, 3.63) is 0 Å². The van der Waals surface area contributed by atoms with Crippen molar-refractivity contribution in [2.24, 2.45) is 0 Å². The molecule has 2 rings (SSSR count). The molecule has 2 N–H and O–H groups in total. The Kier molecular flexibility index (Phi) is 5.58. The highest BCUT2D eigenvalue weighted by Crippen LogP contribution is 2.37. The van der Waals surface area contributed by atoms with Crippen LogP contribution in [0.5, 0.6) is 0 Å². The van der Waals surface area contributed by atoms with Crippen LogP contribution in [0.15, 0.2) is 0 Å². The van der Waals surface area contributed by atoms with E-state index in [1.54, 1.807) is 0 Å². The molecule has 0 bridgehead atoms. The number of hydrogen-bond donors (Lipinski definition) is 2. The van der Waals surface area contributed by atoms with E-state index in [0.717, 1.165) is 19.4 Å². The van der Waals surface area contributed by atoms with Crippen molar-refractivity contribution < 1.29 is 4.79 Å². The van der Waals surface area contributed by atoms with E-state index in [1.165, 1.54) is 37.9 Å². The monoisotopic (exact) mass is 284 g/mol. The van der Waals surface area contributed by atoms with E-state index in [9.17, 15) is 4.79 Å². The lowest BCUT2D eigenvalue weighted by atomic mass is 9.95. The molecule has 1 saturated heterocycles. The molecule has 0 aromatic carbocycles. The standard InChI is InChI=1S/C15H28N2OS/c1-12(16-11-15(2)9-6-10-19-15)14(18)17-13-7-4-3-5-8-13/h12-13,16H,3-11H2,1-2H3,(H,17,18). The van der Waals surface area contributed by atoms with Crippen LogP contribution in [-0.4, -0.2) is 35.0 Å². The van der Waals surface area contributed by atoms with E-state index in [0.29, 0.717) is 10.8 Å². The first-order chi connectivity index (χ1) is 9.09. The topological polar surface area (TPSA) is 41.1 Å². The molecule has 1 aliphatic carbocycles. The summed E-state index contributed by atoms with van der Waals surface area (Å²) < 4.78 is 0.333. The van der Waals surface area contributed by atoms with Crippen molar-refractivity contribution in [2.75, 3.05) is 12.3 Å². The van der Waals surface area contributed by atoms with Crippen molar-refractivity contribution in [2.45, 2.75) is 75.6 Å². The van der Waals surface area contributed by atoms with Crippen LogP contribution in [0.2, 0.25) is 0 Å². The Labute approximate surface area is 121 Å². The maximum Gasteiger partial charge on any atom is 0.237 e. The maximum atomic E-state index is 12.1. The van der Waals surface area contributed by atoms with E-state index >= 15 is 0 Å². The van der Waals surface area contributed by atoms with E-state index in [4.69, 9.17) is 0 Å². The summed E-state index contributed by atoms with van der Waals surface area (Å²) in [6.07, 6.45) is 8.75. The van der Waals surface area contributed by atoms with Crippen molar-refractivity contribution in [3.63, 3.8) is 0 Å². The molecule has 1 aliphatic heterocycles. The second-order valence-corrected chi connectivity index (χ2v) is 8.03. The molecule has 2 unspecified atom stereocenters. The van der Waals surface area contributed by atoms with Gasteiger partial charge in [0.1, 0.15) is 0 Å². The molecule has 2 atom stereocenters. The Hall–Kier alpha value is -0.220. The molecule has 0 aromatic rings. The molecule has 3 nitrogen and oxygen atoms in total. The molecule has 4 heteroatoms. The first-order valence-corrected chi connectivity index (χ1v) is 8.75. The van der Waals surface area contributed by atoms with Gasteiger partial charge in [-0.2, -0.15) is 11.8 Å². The van der Waals surface area contributed by atoms with Crippen LogP contribution in [0.3, 0.4) is 0 Å². The third-order valence-electron chi connectivity index (χ3n) is 4.43. The third kappa shape index (κ3) is 4.67. The van der Waals surface area contributed by atoms with Crippen LogP contribution < -0.4 is 10.6 Å². The quantitative estimate of drug-likeness (QED) is 0.815. The Balaban J connectivity index is 1.69. The van der Waals surface area contributed by atoms with Crippen LogP contribution in [0.1, 0.15) is 58.8 Å². The molecular formula is C15H28N2OS. The molecule has 0 radical (unpaired) electrons. The summed E-state index contributed by atoms with van der Waals surface area (Å²) in [7, 11) is 0. The van der Waals surface area contributed by atoms with Crippen LogP contribution in [-0.2, 0) is 4.79 Å². The number of hydrogen-bond acceptors (Lipinski definition) is 3. The smallest absolute Gasteiger partial charge is 0.237 e. The number of rotatable bonds is 5. The predicted octanol–water partition coefficient (Wildman–Crippen LogP) is 2.70. The van der Waals surface area contributed by atoms with E-state index < -0.39 is 0 Å². The lowest BCUT2D eigenvalue weighted by molar-refractivity contribution is -0.123. The minimum absolute atomic E-state index is 0.0695. The highest BCUT2D eigenvalue weighted by Gasteiger charge is 2.30. The molecule has 1 amide bonds. The number of carbonyl (C=O) groups excluding carboxylic acids is 1. The van der Waals surface area contributed by atoms with E-state index in [1.807, 2.05) is 18.7 Å². The van der Waals surface area contributed by atoms with Gasteiger partial charge in [-0.1, -0.05) is 19.3 Å². The van der Waals surface area contributed by atoms with Crippen molar-refractivity contribution >= 4 is 17.7 Å². The van der Waals surface area contributed by atoms with Gasteiger partial charge in [-0.25, -0.2) is 0 Å². The van der Waals surface area contributed by atoms with Gasteiger partial charge in [-0.15, -0.1) is 0 Å². The van der Waals surface area contributed by atoms with Crippen molar-refractivity contribution in [1.29, 1.82) is 0 Å². The third-order valence-corrected chi connectivity index (χ3v) is 5.97. The Morgan fingerprint density at radius 1 is 1.32 bits per heavy atom. The summed E-state index contributed by atoms with van der Waals surface area (Å²) in [5.41, 5.74) is 0. The van der Waals surface area contributed by atoms with Crippen LogP contribution >= 0.6 is 11.8 Å². The summed E-state index contributed by atoms with van der Waals surface area (Å²) in [5.74, 6) is 1.44. The van der Waals surface area contributed by atoms with Gasteiger partial charge in [-0.05, 0) is 45.3 Å². The molecule has 0 aromatic heterocycles. The summed E-state index contributed by atoms with van der Waals surface area (Å²) >= 11 is 2.04. The second-order valence-electron chi connectivity index (χ2n) is 6.35. The lowest BCUT2D eigenvalue weighted by Gasteiger charge is -2.27. The number of nitrogens with one attached hydrogen (secondary N) is 2. The fourth-order valence-corrected chi connectivity index (χ4v) is 4.27. The summed E-state index contributed by atoms with van der Waals surface area (Å²) in [6.45, 7) is 5.24. The van der Waals surface area contributed by atoms with Gasteiger partial charge >= 0.3 is 0 Å². The first kappa shape index (κ1) is 15.2. The molecule has 0 spiro atoms. The largest absolute Gasteiger partial charge is 0.352 e. The summed E-state index contributed by atoms with van der Waals surface area (Å²) in [4.78, 5) is 12.1. The van der Waals surface area contributed by atoms with Crippen LogP contribution in [0, 0.1) is 0 Å². The lowest BCUT2D eigenvalue weighted by Crippen LogP contribution is -2.49. The Bertz CT molecular complexity index is 297. The summed E-state index contributed by atoms with van der Waals surface area (Å²) in [5, 5.41) is 6.62. The summed E-state index contributed by atoms with van der Waals surface area (Å²) in [6, 6.07) is 0.349. The van der Waals surface area contributed by atoms with Gasteiger partial charge in [0.25, 0.3) is 0 Å². The van der Waals surface area contributed by atoms with Gasteiger partial charge in [0.15, 0.2) is 0 Å². The van der Waals surface area contributed by atoms with Crippen LogP contribution in [0.25, 0.3) is 0 Å². The van der Waals surface area contributed by atoms with Gasteiger partial charge in [0.2, 0.25) is 5.91 Å². The highest BCUT2D eigenvalue weighted by atomic mass is 32.2. The minimum atomic E-state index is -0.0695. The van der Waals surface area contributed by atoms with Crippen LogP contribution in [0.4, 0.5) is 0 Å². The highest BCUT2D eigenvalue weighted by molar-refractivity contribution is 8.00. The molecule has 1 saturated carbocycles. The van der Waals surface area contributed by atoms with Gasteiger partial charge in [-0.3, -0.25) is 4.79 Å². The number of carbonyl (C=O) groups is 1. The Morgan fingerprint density at radius 2 is 2.05 bits per heavy atom. The second kappa shape index (κ2) is 6.98. The molecule has 2 fully saturated rings. The SMILES string of the molecule is CC(NCC1(C)CCCS1)C(=O)NC1CCCCC1. The van der Waals surface area contributed by atoms with Gasteiger partial charge in [0, 0.05) is 17.3 Å². The minimum Gasteiger partial charge on any atom is -0.352 e.